The fraction of sp³-hybridized carbons (Fsp3) is 0.409. The summed E-state index contributed by atoms with van der Waals surface area (Å²) in [4.78, 5) is 27.8. The minimum absolute atomic E-state index is 0.0386. The molecule has 2 aromatic carbocycles. The van der Waals surface area contributed by atoms with Gasteiger partial charge in [-0.15, -0.1) is 0 Å². The average molecular weight is 413 g/mol. The van der Waals surface area contributed by atoms with Gasteiger partial charge >= 0.3 is 0 Å². The third kappa shape index (κ3) is 6.01. The van der Waals surface area contributed by atoms with Gasteiger partial charge in [0.1, 0.15) is 5.75 Å². The molecule has 2 aromatic rings. The van der Waals surface area contributed by atoms with E-state index in [1.54, 1.807) is 48.4 Å². The van der Waals surface area contributed by atoms with E-state index in [1.807, 2.05) is 0 Å². The van der Waals surface area contributed by atoms with Crippen LogP contribution in [0.4, 0.5) is 5.69 Å². The molecule has 0 atom stereocenters. The van der Waals surface area contributed by atoms with Gasteiger partial charge < -0.3 is 14.4 Å². The number of benzene rings is 2. The number of carbonyl (C=O) groups is 1. The van der Waals surface area contributed by atoms with E-state index in [4.69, 9.17) is 9.47 Å². The predicted molar refractivity (Wildman–Crippen MR) is 113 cm³/mol. The molecule has 1 fully saturated rings. The molecule has 1 amide bonds. The van der Waals surface area contributed by atoms with E-state index in [-0.39, 0.29) is 11.6 Å². The highest BCUT2D eigenvalue weighted by atomic mass is 16.6. The number of ether oxygens (including phenoxy) is 2. The molecule has 0 radical (unpaired) electrons. The van der Waals surface area contributed by atoms with Crippen LogP contribution in [0.1, 0.15) is 22.3 Å². The highest BCUT2D eigenvalue weighted by Crippen LogP contribution is 2.18. The molecule has 8 heteroatoms. The van der Waals surface area contributed by atoms with Crippen LogP contribution in [-0.4, -0.2) is 67.1 Å². The molecule has 0 saturated carbocycles. The second-order valence-electron chi connectivity index (χ2n) is 7.19. The summed E-state index contributed by atoms with van der Waals surface area (Å²) in [7, 11) is 1.57. The van der Waals surface area contributed by atoms with Crippen molar-refractivity contribution in [1.29, 1.82) is 0 Å². The highest BCUT2D eigenvalue weighted by Gasteiger charge is 2.18. The van der Waals surface area contributed by atoms with Crippen molar-refractivity contribution in [3.05, 3.63) is 69.8 Å². The molecule has 0 N–H and O–H groups in total. The number of methoxy groups -OCH3 is 1. The molecule has 1 heterocycles. The van der Waals surface area contributed by atoms with Gasteiger partial charge in [0, 0.05) is 50.4 Å². The van der Waals surface area contributed by atoms with E-state index >= 15 is 0 Å². The van der Waals surface area contributed by atoms with Gasteiger partial charge in [0.15, 0.2) is 0 Å². The average Bonchev–Trinajstić information content (AvgIpc) is 2.79. The molecule has 0 bridgehead atoms. The largest absolute Gasteiger partial charge is 0.497 e. The Morgan fingerprint density at radius 1 is 1.20 bits per heavy atom. The molecule has 0 aliphatic carbocycles. The number of carbonyl (C=O) groups excluding carboxylic acids is 1. The lowest BCUT2D eigenvalue weighted by Crippen LogP contribution is -2.39. The molecular weight excluding hydrogens is 386 g/mol. The lowest BCUT2D eigenvalue weighted by atomic mass is 10.1. The quantitative estimate of drug-likeness (QED) is 0.464. The molecule has 0 unspecified atom stereocenters. The molecule has 1 aliphatic rings. The standard InChI is InChI=1S/C22H27N3O5/c1-29-21-5-2-4-19(16-21)22(26)24(11-3-10-23-12-14-30-15-13-23)17-18-6-8-20(9-7-18)25(27)28/h2,4-9,16H,3,10-15,17H2,1H3. The van der Waals surface area contributed by atoms with Crippen molar-refractivity contribution in [2.45, 2.75) is 13.0 Å². The summed E-state index contributed by atoms with van der Waals surface area (Å²) in [6.45, 7) is 5.18. The molecular formula is C22H27N3O5. The van der Waals surface area contributed by atoms with Crippen LogP contribution in [0.15, 0.2) is 48.5 Å². The first-order chi connectivity index (χ1) is 14.6. The van der Waals surface area contributed by atoms with Crippen molar-refractivity contribution in [3.63, 3.8) is 0 Å². The molecule has 1 aliphatic heterocycles. The number of hydrogen-bond donors (Lipinski definition) is 0. The minimum atomic E-state index is -0.425. The van der Waals surface area contributed by atoms with E-state index in [0.717, 1.165) is 44.8 Å². The molecule has 30 heavy (non-hydrogen) atoms. The van der Waals surface area contributed by atoms with Gasteiger partial charge in [-0.05, 0) is 30.2 Å². The van der Waals surface area contributed by atoms with Crippen LogP contribution < -0.4 is 4.74 Å². The van der Waals surface area contributed by atoms with Crippen LogP contribution in [0, 0.1) is 10.1 Å². The summed E-state index contributed by atoms with van der Waals surface area (Å²) in [5.41, 5.74) is 1.45. The second kappa shape index (κ2) is 10.7. The maximum Gasteiger partial charge on any atom is 0.269 e. The lowest BCUT2D eigenvalue weighted by molar-refractivity contribution is -0.384. The third-order valence-electron chi connectivity index (χ3n) is 5.13. The first kappa shape index (κ1) is 21.7. The van der Waals surface area contributed by atoms with Gasteiger partial charge in [0.05, 0.1) is 25.2 Å². The molecule has 1 saturated heterocycles. The molecule has 3 rings (SSSR count). The minimum Gasteiger partial charge on any atom is -0.497 e. The van der Waals surface area contributed by atoms with Gasteiger partial charge in [-0.25, -0.2) is 0 Å². The zero-order valence-corrected chi connectivity index (χ0v) is 17.2. The smallest absolute Gasteiger partial charge is 0.269 e. The summed E-state index contributed by atoms with van der Waals surface area (Å²) < 4.78 is 10.6. The lowest BCUT2D eigenvalue weighted by Gasteiger charge is -2.28. The first-order valence-electron chi connectivity index (χ1n) is 10.0. The third-order valence-corrected chi connectivity index (χ3v) is 5.13. The number of nitro benzene ring substituents is 1. The van der Waals surface area contributed by atoms with E-state index in [2.05, 4.69) is 4.90 Å². The number of rotatable bonds is 9. The Balaban J connectivity index is 1.70. The molecule has 8 nitrogen and oxygen atoms in total. The van der Waals surface area contributed by atoms with Crippen LogP contribution in [0.25, 0.3) is 0 Å². The van der Waals surface area contributed by atoms with E-state index in [1.165, 1.54) is 12.1 Å². The fourth-order valence-corrected chi connectivity index (χ4v) is 3.44. The summed E-state index contributed by atoms with van der Waals surface area (Å²) >= 11 is 0. The number of morpholine rings is 1. The van der Waals surface area contributed by atoms with Crippen LogP contribution in [-0.2, 0) is 11.3 Å². The Labute approximate surface area is 176 Å². The maximum absolute atomic E-state index is 13.2. The van der Waals surface area contributed by atoms with Crippen molar-refractivity contribution < 1.29 is 19.2 Å². The molecule has 0 spiro atoms. The van der Waals surface area contributed by atoms with Gasteiger partial charge in [0.25, 0.3) is 11.6 Å². The topological polar surface area (TPSA) is 85.2 Å². The Bertz CT molecular complexity index is 850. The Hall–Kier alpha value is -2.97. The van der Waals surface area contributed by atoms with E-state index in [9.17, 15) is 14.9 Å². The first-order valence-corrected chi connectivity index (χ1v) is 10.0. The number of nitro groups is 1. The number of hydrogen-bond acceptors (Lipinski definition) is 6. The van der Waals surface area contributed by atoms with Gasteiger partial charge in [-0.1, -0.05) is 18.2 Å². The Morgan fingerprint density at radius 2 is 1.93 bits per heavy atom. The Morgan fingerprint density at radius 3 is 2.60 bits per heavy atom. The predicted octanol–water partition coefficient (Wildman–Crippen LogP) is 2.97. The zero-order chi connectivity index (χ0) is 21.3. The van der Waals surface area contributed by atoms with Crippen LogP contribution in [0.5, 0.6) is 5.75 Å². The van der Waals surface area contributed by atoms with Gasteiger partial charge in [0.2, 0.25) is 0 Å². The number of amides is 1. The van der Waals surface area contributed by atoms with Crippen LogP contribution >= 0.6 is 0 Å². The van der Waals surface area contributed by atoms with Crippen LogP contribution in [0.3, 0.4) is 0 Å². The van der Waals surface area contributed by atoms with Crippen molar-refractivity contribution >= 4 is 11.6 Å². The van der Waals surface area contributed by atoms with Gasteiger partial charge in [-0.2, -0.15) is 0 Å². The summed E-state index contributed by atoms with van der Waals surface area (Å²) in [5, 5.41) is 10.9. The van der Waals surface area contributed by atoms with Crippen molar-refractivity contribution in [1.82, 2.24) is 9.80 Å². The van der Waals surface area contributed by atoms with Crippen molar-refractivity contribution in [3.8, 4) is 5.75 Å². The summed E-state index contributed by atoms with van der Waals surface area (Å²) in [5.74, 6) is 0.540. The highest BCUT2D eigenvalue weighted by molar-refractivity contribution is 5.94. The molecule has 0 aromatic heterocycles. The normalized spacial score (nSPS) is 14.3. The molecule has 160 valence electrons. The van der Waals surface area contributed by atoms with Gasteiger partial charge in [-0.3, -0.25) is 19.8 Å². The summed E-state index contributed by atoms with van der Waals surface area (Å²) in [6.07, 6.45) is 0.836. The van der Waals surface area contributed by atoms with E-state index in [0.29, 0.717) is 24.4 Å². The monoisotopic (exact) mass is 413 g/mol. The zero-order valence-electron chi connectivity index (χ0n) is 17.2. The van der Waals surface area contributed by atoms with Crippen molar-refractivity contribution in [2.75, 3.05) is 46.5 Å². The summed E-state index contributed by atoms with van der Waals surface area (Å²) in [6, 6.07) is 13.4. The van der Waals surface area contributed by atoms with Crippen LogP contribution in [0.2, 0.25) is 0 Å². The maximum atomic E-state index is 13.2. The Kier molecular flexibility index (Phi) is 7.75. The SMILES string of the molecule is COc1cccc(C(=O)N(CCCN2CCOCC2)Cc2ccc([N+](=O)[O-])cc2)c1. The number of nitrogens with zero attached hydrogens (tertiary/aromatic N) is 3. The number of non-ortho nitro benzene ring substituents is 1. The second-order valence-corrected chi connectivity index (χ2v) is 7.19. The fourth-order valence-electron chi connectivity index (χ4n) is 3.44. The van der Waals surface area contributed by atoms with Crippen molar-refractivity contribution in [2.24, 2.45) is 0 Å². The van der Waals surface area contributed by atoms with E-state index < -0.39 is 4.92 Å².